The molecule has 0 atom stereocenters. The molecule has 12 nitrogen and oxygen atoms in total. The van der Waals surface area contributed by atoms with Crippen LogP contribution in [0.4, 0.5) is 16.6 Å². The number of fused-ring (bicyclic) bond motifs is 1. The molecule has 1 fully saturated rings. The molecule has 1 saturated heterocycles. The van der Waals surface area contributed by atoms with Gasteiger partial charge in [0, 0.05) is 45.2 Å². The van der Waals surface area contributed by atoms with E-state index in [1.54, 1.807) is 16.9 Å². The van der Waals surface area contributed by atoms with E-state index < -0.39 is 5.97 Å². The molecule has 4 rings (SSSR count). The minimum absolute atomic E-state index is 0.192. The largest absolute Gasteiger partial charge is 0.461 e. The number of amides is 2. The fourth-order valence-electron chi connectivity index (χ4n) is 3.37. The van der Waals surface area contributed by atoms with E-state index in [1.165, 1.54) is 11.3 Å². The molecule has 0 aliphatic carbocycles. The minimum atomic E-state index is -0.469. The van der Waals surface area contributed by atoms with E-state index in [-0.39, 0.29) is 24.3 Å². The van der Waals surface area contributed by atoms with Crippen molar-refractivity contribution in [2.24, 2.45) is 7.05 Å². The molecule has 2 amide bonds. The minimum Gasteiger partial charge on any atom is -0.461 e. The monoisotopic (exact) mass is 459 g/mol. The normalized spacial score (nSPS) is 13.9. The Balaban J connectivity index is 1.78. The molecule has 3 aromatic heterocycles. The first-order chi connectivity index (χ1) is 15.5. The Morgan fingerprint density at radius 3 is 2.69 bits per heavy atom. The number of carbonyl (C=O) groups excluding carboxylic acids is 2. The van der Waals surface area contributed by atoms with Crippen LogP contribution in [0.2, 0.25) is 0 Å². The number of carbonyl (C=O) groups is 2. The predicted octanol–water partition coefficient (Wildman–Crippen LogP) is 1.21. The average molecular weight is 460 g/mol. The maximum atomic E-state index is 12.1. The maximum absolute atomic E-state index is 12.1. The second-order valence-corrected chi connectivity index (χ2v) is 7.88. The molecule has 170 valence electrons. The fourth-order valence-corrected chi connectivity index (χ4v) is 4.18. The summed E-state index contributed by atoms with van der Waals surface area (Å²) in [6, 6.07) is -0.375. The van der Waals surface area contributed by atoms with Crippen LogP contribution in [0.1, 0.15) is 24.3 Å². The highest BCUT2D eigenvalue weighted by molar-refractivity contribution is 7.13. The second kappa shape index (κ2) is 9.44. The molecule has 0 bridgehead atoms. The quantitative estimate of drug-likeness (QED) is 0.464. The van der Waals surface area contributed by atoms with E-state index >= 15 is 0 Å². The summed E-state index contributed by atoms with van der Waals surface area (Å²) in [5.74, 6) is 0.926. The molecule has 3 N–H and O–H groups in total. The fraction of sp³-hybridized carbons (Fsp3) is 0.474. The summed E-state index contributed by atoms with van der Waals surface area (Å²) in [6.45, 7) is 7.50. The Hall–Kier alpha value is -3.32. The summed E-state index contributed by atoms with van der Waals surface area (Å²) in [6.07, 6.45) is 0. The van der Waals surface area contributed by atoms with Crippen molar-refractivity contribution in [2.75, 3.05) is 49.5 Å². The van der Waals surface area contributed by atoms with Crippen LogP contribution in [0, 0.1) is 0 Å². The zero-order valence-electron chi connectivity index (χ0n) is 18.1. The summed E-state index contributed by atoms with van der Waals surface area (Å²) < 4.78 is 6.83. The molecule has 1 aliphatic rings. The predicted molar refractivity (Wildman–Crippen MR) is 121 cm³/mol. The lowest BCUT2D eigenvalue weighted by atomic mass is 10.3. The smallest absolute Gasteiger partial charge is 0.357 e. The van der Waals surface area contributed by atoms with Crippen molar-refractivity contribution in [1.29, 1.82) is 0 Å². The van der Waals surface area contributed by atoms with Gasteiger partial charge in [-0.2, -0.15) is 9.97 Å². The van der Waals surface area contributed by atoms with E-state index in [0.717, 1.165) is 26.2 Å². The van der Waals surface area contributed by atoms with Gasteiger partial charge in [0.25, 0.3) is 0 Å². The molecule has 13 heteroatoms. The van der Waals surface area contributed by atoms with Crippen molar-refractivity contribution in [1.82, 2.24) is 35.1 Å². The van der Waals surface area contributed by atoms with Crippen LogP contribution in [0.25, 0.3) is 22.0 Å². The van der Waals surface area contributed by atoms with Gasteiger partial charge in [0.1, 0.15) is 0 Å². The number of ether oxygens (including phenoxy) is 1. The summed E-state index contributed by atoms with van der Waals surface area (Å²) in [5, 5.41) is 10.9. The highest BCUT2D eigenvalue weighted by atomic mass is 32.1. The van der Waals surface area contributed by atoms with Crippen molar-refractivity contribution in [3.05, 3.63) is 11.1 Å². The number of nitrogens with zero attached hydrogens (tertiary/aromatic N) is 6. The first kappa shape index (κ1) is 21.9. The van der Waals surface area contributed by atoms with E-state index in [0.29, 0.717) is 34.4 Å². The van der Waals surface area contributed by atoms with Crippen LogP contribution in [0.5, 0.6) is 0 Å². The molecule has 3 aromatic rings. The highest BCUT2D eigenvalue weighted by Crippen LogP contribution is 2.31. The molecule has 1 aliphatic heterocycles. The Morgan fingerprint density at radius 2 is 1.97 bits per heavy atom. The second-order valence-electron chi connectivity index (χ2n) is 7.02. The molecular formula is C19H25N9O3S. The third-order valence-corrected chi connectivity index (χ3v) is 5.70. The number of urea groups is 1. The lowest BCUT2D eigenvalue weighted by molar-refractivity contribution is 0.0520. The summed E-state index contributed by atoms with van der Waals surface area (Å²) in [5.41, 5.74) is 1.41. The van der Waals surface area contributed by atoms with Gasteiger partial charge >= 0.3 is 12.0 Å². The van der Waals surface area contributed by atoms with Crippen LogP contribution >= 0.6 is 11.3 Å². The number of hydrogen-bond donors (Lipinski definition) is 3. The number of imidazole rings is 1. The number of aromatic nitrogens is 5. The van der Waals surface area contributed by atoms with Crippen molar-refractivity contribution in [3.63, 3.8) is 0 Å². The van der Waals surface area contributed by atoms with Crippen LogP contribution in [-0.2, 0) is 11.8 Å². The number of hydrogen-bond acceptors (Lipinski definition) is 10. The van der Waals surface area contributed by atoms with Gasteiger partial charge in [0.05, 0.1) is 6.61 Å². The average Bonchev–Trinajstić information content (AvgIpc) is 3.40. The maximum Gasteiger partial charge on any atom is 0.357 e. The molecule has 0 aromatic carbocycles. The number of rotatable bonds is 6. The van der Waals surface area contributed by atoms with Crippen LogP contribution < -0.4 is 20.9 Å². The SMILES string of the molecule is CCNC(=O)Nc1nc(N2CCNCC2)c2nc(-c3nc(C(=O)OCC)cs3)n(C)c2n1. The van der Waals surface area contributed by atoms with Crippen molar-refractivity contribution < 1.29 is 14.3 Å². The summed E-state index contributed by atoms with van der Waals surface area (Å²) in [7, 11) is 1.82. The zero-order valence-corrected chi connectivity index (χ0v) is 19.0. The molecule has 0 unspecified atom stereocenters. The number of thiazole rings is 1. The van der Waals surface area contributed by atoms with E-state index in [9.17, 15) is 9.59 Å². The molecular weight excluding hydrogens is 434 g/mol. The van der Waals surface area contributed by atoms with Gasteiger partial charge in [-0.3, -0.25) is 5.32 Å². The molecule has 0 radical (unpaired) electrons. The highest BCUT2D eigenvalue weighted by Gasteiger charge is 2.24. The van der Waals surface area contributed by atoms with E-state index in [4.69, 9.17) is 9.72 Å². The zero-order chi connectivity index (χ0) is 22.7. The van der Waals surface area contributed by atoms with Gasteiger partial charge in [0.2, 0.25) is 5.95 Å². The van der Waals surface area contributed by atoms with Crippen LogP contribution in [-0.4, -0.2) is 75.8 Å². The van der Waals surface area contributed by atoms with E-state index in [2.05, 4.69) is 35.8 Å². The van der Waals surface area contributed by atoms with Crippen molar-refractivity contribution >= 4 is 46.3 Å². The standard InChI is InChI=1S/C19H25N9O3S/c1-4-21-19(30)26-18-24-13-12(14(25-18)28-8-6-20-7-9-28)23-15(27(13)3)16-22-11(10-32-16)17(29)31-5-2/h10,20H,4-9H2,1-3H3,(H2,21,24,25,26,30). The van der Waals surface area contributed by atoms with Crippen molar-refractivity contribution in [2.45, 2.75) is 13.8 Å². The Kier molecular flexibility index (Phi) is 6.46. The number of esters is 1. The summed E-state index contributed by atoms with van der Waals surface area (Å²) >= 11 is 1.30. The number of piperazine rings is 1. The molecule has 32 heavy (non-hydrogen) atoms. The Morgan fingerprint density at radius 1 is 1.19 bits per heavy atom. The van der Waals surface area contributed by atoms with Gasteiger partial charge in [-0.1, -0.05) is 0 Å². The first-order valence-corrected chi connectivity index (χ1v) is 11.3. The van der Waals surface area contributed by atoms with Crippen LogP contribution in [0.3, 0.4) is 0 Å². The Bertz CT molecular complexity index is 1140. The van der Waals surface area contributed by atoms with Gasteiger partial charge in [-0.15, -0.1) is 11.3 Å². The lowest BCUT2D eigenvalue weighted by Gasteiger charge is -2.28. The number of anilines is 2. The lowest BCUT2D eigenvalue weighted by Crippen LogP contribution is -2.44. The van der Waals surface area contributed by atoms with Gasteiger partial charge < -0.3 is 24.8 Å². The van der Waals surface area contributed by atoms with E-state index in [1.807, 2.05) is 14.0 Å². The van der Waals surface area contributed by atoms with Crippen LogP contribution in [0.15, 0.2) is 5.38 Å². The third-order valence-electron chi connectivity index (χ3n) is 4.86. The number of nitrogens with one attached hydrogen (secondary N) is 3. The van der Waals surface area contributed by atoms with Crippen molar-refractivity contribution in [3.8, 4) is 10.8 Å². The van der Waals surface area contributed by atoms with Gasteiger partial charge in [-0.05, 0) is 13.8 Å². The topological polar surface area (TPSA) is 139 Å². The molecule has 4 heterocycles. The third kappa shape index (κ3) is 4.34. The number of aryl methyl sites for hydroxylation is 1. The molecule has 0 saturated carbocycles. The molecule has 0 spiro atoms. The first-order valence-electron chi connectivity index (χ1n) is 10.4. The summed E-state index contributed by atoms with van der Waals surface area (Å²) in [4.78, 5) is 44.5. The van der Waals surface area contributed by atoms with Gasteiger partial charge in [0.15, 0.2) is 33.5 Å². The Labute approximate surface area is 188 Å². The van der Waals surface area contributed by atoms with Gasteiger partial charge in [-0.25, -0.2) is 19.6 Å².